The summed E-state index contributed by atoms with van der Waals surface area (Å²) in [6.45, 7) is -0.206. The third-order valence-electron chi connectivity index (χ3n) is 3.52. The van der Waals surface area contributed by atoms with Gasteiger partial charge in [-0.25, -0.2) is 0 Å². The van der Waals surface area contributed by atoms with Gasteiger partial charge in [-0.05, 0) is 29.8 Å². The molecule has 0 fully saturated rings. The number of hydrogen-bond acceptors (Lipinski definition) is 5. The van der Waals surface area contributed by atoms with Crippen molar-refractivity contribution in [1.29, 1.82) is 0 Å². The Bertz CT molecular complexity index is 878. The number of aliphatic hydroxyl groups excluding tert-OH is 1. The van der Waals surface area contributed by atoms with Gasteiger partial charge in [-0.1, -0.05) is 12.1 Å². The van der Waals surface area contributed by atoms with Crippen molar-refractivity contribution in [3.63, 3.8) is 0 Å². The molecule has 112 valence electrons. The highest BCUT2D eigenvalue weighted by Crippen LogP contribution is 2.27. The lowest BCUT2D eigenvalue weighted by molar-refractivity contribution is 0.274. The van der Waals surface area contributed by atoms with E-state index in [0.29, 0.717) is 33.4 Å². The molecular weight excluding hydrogens is 284 g/mol. The van der Waals surface area contributed by atoms with Crippen molar-refractivity contribution in [2.75, 3.05) is 7.11 Å². The van der Waals surface area contributed by atoms with Gasteiger partial charge >= 0.3 is 0 Å². The maximum Gasteiger partial charge on any atom is 0.200 e. The summed E-state index contributed by atoms with van der Waals surface area (Å²) in [4.78, 5) is 12.6. The van der Waals surface area contributed by atoms with Crippen LogP contribution in [0.25, 0.3) is 22.1 Å². The predicted octanol–water partition coefficient (Wildman–Crippen LogP) is 2.67. The Morgan fingerprint density at radius 1 is 1.18 bits per heavy atom. The topological polar surface area (TPSA) is 79.9 Å². The monoisotopic (exact) mass is 298 g/mol. The lowest BCUT2D eigenvalue weighted by atomic mass is 10.0. The third kappa shape index (κ3) is 2.31. The lowest BCUT2D eigenvalue weighted by Crippen LogP contribution is -2.06. The minimum atomic E-state index is -0.206. The number of fused-ring (bicyclic) bond motifs is 1. The Morgan fingerprint density at radius 3 is 2.55 bits per heavy atom. The first kappa shape index (κ1) is 14.2. The number of phenols is 1. The van der Waals surface area contributed by atoms with Gasteiger partial charge in [-0.15, -0.1) is 0 Å². The maximum atomic E-state index is 12.6. The van der Waals surface area contributed by atoms with Crippen LogP contribution < -0.4 is 10.2 Å². The number of ether oxygens (including phenoxy) is 1. The molecule has 3 aromatic rings. The molecular formula is C17H14O5. The van der Waals surface area contributed by atoms with Crippen LogP contribution in [0.4, 0.5) is 0 Å². The van der Waals surface area contributed by atoms with E-state index < -0.39 is 0 Å². The fraction of sp³-hybridized carbons (Fsp3) is 0.118. The number of methoxy groups -OCH3 is 1. The number of rotatable bonds is 3. The van der Waals surface area contributed by atoms with Gasteiger partial charge in [0.2, 0.25) is 5.43 Å². The first-order valence-corrected chi connectivity index (χ1v) is 6.66. The zero-order valence-corrected chi connectivity index (χ0v) is 11.9. The highest BCUT2D eigenvalue weighted by molar-refractivity contribution is 5.83. The van der Waals surface area contributed by atoms with Gasteiger partial charge in [0.25, 0.3) is 0 Å². The van der Waals surface area contributed by atoms with Crippen molar-refractivity contribution in [2.45, 2.75) is 6.61 Å². The molecule has 0 bridgehead atoms. The molecule has 22 heavy (non-hydrogen) atoms. The molecule has 0 spiro atoms. The average molecular weight is 298 g/mol. The molecule has 3 rings (SSSR count). The van der Waals surface area contributed by atoms with E-state index in [1.165, 1.54) is 25.5 Å². The molecule has 1 aromatic heterocycles. The Labute approximate surface area is 126 Å². The van der Waals surface area contributed by atoms with Crippen LogP contribution in [0.15, 0.2) is 51.9 Å². The highest BCUT2D eigenvalue weighted by atomic mass is 16.5. The van der Waals surface area contributed by atoms with E-state index in [2.05, 4.69) is 0 Å². The van der Waals surface area contributed by atoms with Crippen LogP contribution in [0.3, 0.4) is 0 Å². The predicted molar refractivity (Wildman–Crippen MR) is 82.1 cm³/mol. The van der Waals surface area contributed by atoms with E-state index in [1.807, 2.05) is 0 Å². The Morgan fingerprint density at radius 2 is 1.91 bits per heavy atom. The molecule has 5 nitrogen and oxygen atoms in total. The Kier molecular flexibility index (Phi) is 3.56. The quantitative estimate of drug-likeness (QED) is 0.777. The number of benzene rings is 2. The minimum absolute atomic E-state index is 0.128. The molecule has 2 aromatic carbocycles. The molecule has 0 unspecified atom stereocenters. The van der Waals surface area contributed by atoms with Gasteiger partial charge in [-0.2, -0.15) is 0 Å². The molecule has 0 aliphatic rings. The first-order chi connectivity index (χ1) is 10.6. The number of hydrogen-bond donors (Lipinski definition) is 2. The van der Waals surface area contributed by atoms with Crippen molar-refractivity contribution >= 4 is 11.0 Å². The van der Waals surface area contributed by atoms with Gasteiger partial charge in [0.05, 0.1) is 24.7 Å². The van der Waals surface area contributed by atoms with Crippen molar-refractivity contribution < 1.29 is 19.4 Å². The molecule has 5 heteroatoms. The minimum Gasteiger partial charge on any atom is -0.508 e. The van der Waals surface area contributed by atoms with Crippen molar-refractivity contribution in [3.8, 4) is 22.6 Å². The fourth-order valence-corrected chi connectivity index (χ4v) is 2.35. The molecule has 0 aliphatic carbocycles. The second kappa shape index (κ2) is 5.54. The molecule has 0 amide bonds. The second-order valence-electron chi connectivity index (χ2n) is 4.84. The molecule has 0 aliphatic heterocycles. The Balaban J connectivity index is 2.25. The van der Waals surface area contributed by atoms with E-state index >= 15 is 0 Å². The summed E-state index contributed by atoms with van der Waals surface area (Å²) in [5, 5.41) is 19.0. The summed E-state index contributed by atoms with van der Waals surface area (Å²) in [5.74, 6) is 0.563. The van der Waals surface area contributed by atoms with Crippen LogP contribution in [0.2, 0.25) is 0 Å². The third-order valence-corrected chi connectivity index (χ3v) is 3.52. The van der Waals surface area contributed by atoms with Gasteiger partial charge in [0.1, 0.15) is 23.3 Å². The molecule has 0 atom stereocenters. The summed E-state index contributed by atoms with van der Waals surface area (Å²) in [6, 6.07) is 9.47. The molecule has 0 saturated carbocycles. The van der Waals surface area contributed by atoms with Gasteiger partial charge in [-0.3, -0.25) is 4.79 Å². The zero-order valence-electron chi connectivity index (χ0n) is 11.9. The van der Waals surface area contributed by atoms with Gasteiger partial charge < -0.3 is 19.4 Å². The van der Waals surface area contributed by atoms with Crippen LogP contribution >= 0.6 is 0 Å². The van der Waals surface area contributed by atoms with Crippen LogP contribution in [-0.2, 0) is 6.61 Å². The summed E-state index contributed by atoms with van der Waals surface area (Å²) in [7, 11) is 1.48. The zero-order chi connectivity index (χ0) is 15.7. The van der Waals surface area contributed by atoms with E-state index in [0.717, 1.165) is 0 Å². The van der Waals surface area contributed by atoms with Crippen LogP contribution in [-0.4, -0.2) is 17.3 Å². The molecule has 2 N–H and O–H groups in total. The first-order valence-electron chi connectivity index (χ1n) is 6.66. The molecule has 0 saturated heterocycles. The van der Waals surface area contributed by atoms with Crippen LogP contribution in [0.1, 0.15) is 5.56 Å². The maximum absolute atomic E-state index is 12.6. The van der Waals surface area contributed by atoms with E-state index in [4.69, 9.17) is 9.15 Å². The number of aromatic hydroxyl groups is 1. The van der Waals surface area contributed by atoms with Crippen molar-refractivity contribution in [1.82, 2.24) is 0 Å². The highest BCUT2D eigenvalue weighted by Gasteiger charge is 2.13. The lowest BCUT2D eigenvalue weighted by Gasteiger charge is -2.08. The largest absolute Gasteiger partial charge is 0.508 e. The molecule has 0 radical (unpaired) electrons. The second-order valence-corrected chi connectivity index (χ2v) is 4.84. The summed E-state index contributed by atoms with van der Waals surface area (Å²) >= 11 is 0. The van der Waals surface area contributed by atoms with Crippen LogP contribution in [0, 0.1) is 0 Å². The summed E-state index contributed by atoms with van der Waals surface area (Å²) in [5.41, 5.74) is 1.78. The molecule has 1 heterocycles. The van der Waals surface area contributed by atoms with E-state index in [1.54, 1.807) is 24.3 Å². The number of aliphatic hydroxyl groups is 1. The fourth-order valence-electron chi connectivity index (χ4n) is 2.35. The normalized spacial score (nSPS) is 10.8. The van der Waals surface area contributed by atoms with Gasteiger partial charge in [0.15, 0.2) is 0 Å². The summed E-state index contributed by atoms with van der Waals surface area (Å²) in [6.07, 6.45) is 1.38. The SMILES string of the molecule is COc1cc2c(=O)c(-c3ccc(O)cc3)coc2cc1CO. The van der Waals surface area contributed by atoms with Crippen LogP contribution in [0.5, 0.6) is 11.5 Å². The van der Waals surface area contributed by atoms with Gasteiger partial charge in [0, 0.05) is 5.56 Å². The standard InChI is InChI=1S/C17H14O5/c1-21-15-7-13-16(6-11(15)8-18)22-9-14(17(13)20)10-2-4-12(19)5-3-10/h2-7,9,18-19H,8H2,1H3. The summed E-state index contributed by atoms with van der Waals surface area (Å²) < 4.78 is 10.7. The van der Waals surface area contributed by atoms with E-state index in [-0.39, 0.29) is 17.8 Å². The van der Waals surface area contributed by atoms with Crippen molar-refractivity contribution in [2.24, 2.45) is 0 Å². The number of phenolic OH excluding ortho intramolecular Hbond substituents is 1. The van der Waals surface area contributed by atoms with E-state index in [9.17, 15) is 15.0 Å². The average Bonchev–Trinajstić information content (AvgIpc) is 2.55. The smallest absolute Gasteiger partial charge is 0.200 e. The van der Waals surface area contributed by atoms with Crippen molar-refractivity contribution in [3.05, 3.63) is 58.4 Å². The Hall–Kier alpha value is -2.79.